The molecule has 7 N–H and O–H groups in total. The minimum atomic E-state index is -3.03. The predicted molar refractivity (Wildman–Crippen MR) is 164 cm³/mol. The van der Waals surface area contributed by atoms with Gasteiger partial charge in [-0.05, 0) is 63.4 Å². The van der Waals surface area contributed by atoms with E-state index in [4.69, 9.17) is 10.5 Å². The largest absolute Gasteiger partial charge is 0.510 e. The van der Waals surface area contributed by atoms with Crippen LogP contribution in [0.1, 0.15) is 50.7 Å². The molecule has 2 aromatic carbocycles. The van der Waals surface area contributed by atoms with E-state index in [-0.39, 0.29) is 16.7 Å². The molecule has 244 valence electrons. The van der Waals surface area contributed by atoms with Crippen molar-refractivity contribution in [2.75, 3.05) is 35.3 Å². The number of aromatic hydroxyl groups is 1. The first kappa shape index (κ1) is 32.8. The summed E-state index contributed by atoms with van der Waals surface area (Å²) >= 11 is 0. The highest BCUT2D eigenvalue weighted by Gasteiger charge is 2.67. The SMILES string of the molecule is COc1ccc(C(C(=O)c2ccc3c(c2O)C(=O)C2=C(O)C4(O)C(=O)C(C(N)=O)=C(O)[C@@H](N(C)C)C4C(O)C2C3C)N(C)C)cc1. The normalized spacial score (nSPS) is 28.2. The van der Waals surface area contributed by atoms with E-state index in [0.717, 1.165) is 0 Å². The van der Waals surface area contributed by atoms with Crippen molar-refractivity contribution in [3.8, 4) is 11.5 Å². The van der Waals surface area contributed by atoms with Gasteiger partial charge in [0.1, 0.15) is 28.6 Å². The topological polar surface area (TPSA) is 211 Å². The number of ether oxygens (including phenoxy) is 1. The number of methoxy groups -OCH3 is 1. The van der Waals surface area contributed by atoms with Gasteiger partial charge in [0.2, 0.25) is 5.78 Å². The Kier molecular flexibility index (Phi) is 8.10. The molecule has 13 heteroatoms. The van der Waals surface area contributed by atoms with Gasteiger partial charge in [0, 0.05) is 11.5 Å². The predicted octanol–water partition coefficient (Wildman–Crippen LogP) is 1.15. The number of aliphatic hydroxyl groups excluding tert-OH is 3. The summed E-state index contributed by atoms with van der Waals surface area (Å²) in [7, 11) is 7.80. The number of phenolic OH excluding ortho intramolecular Hbond substituents is 1. The number of phenols is 1. The monoisotopic (exact) mass is 635 g/mol. The van der Waals surface area contributed by atoms with Crippen molar-refractivity contribution in [2.24, 2.45) is 17.6 Å². The van der Waals surface area contributed by atoms with Crippen LogP contribution >= 0.6 is 0 Å². The summed E-state index contributed by atoms with van der Waals surface area (Å²) < 4.78 is 5.21. The van der Waals surface area contributed by atoms with Gasteiger partial charge >= 0.3 is 0 Å². The van der Waals surface area contributed by atoms with Crippen molar-refractivity contribution < 1.29 is 49.4 Å². The Hall–Kier alpha value is -4.56. The third-order valence-corrected chi connectivity index (χ3v) is 9.59. The van der Waals surface area contributed by atoms with Gasteiger partial charge in [0.15, 0.2) is 17.2 Å². The summed E-state index contributed by atoms with van der Waals surface area (Å²) in [5, 5.41) is 57.7. The molecule has 0 bridgehead atoms. The number of fused-ring (bicyclic) bond motifs is 3. The summed E-state index contributed by atoms with van der Waals surface area (Å²) in [5.41, 5.74) is 1.14. The summed E-state index contributed by atoms with van der Waals surface area (Å²) in [6.07, 6.45) is -1.72. The van der Waals surface area contributed by atoms with E-state index in [0.29, 0.717) is 11.3 Å². The van der Waals surface area contributed by atoms with Crippen molar-refractivity contribution in [2.45, 2.75) is 36.6 Å². The zero-order valence-corrected chi connectivity index (χ0v) is 26.2. The first-order chi connectivity index (χ1) is 21.5. The molecule has 1 amide bonds. The van der Waals surface area contributed by atoms with Crippen LogP contribution < -0.4 is 10.5 Å². The second kappa shape index (κ2) is 11.4. The number of nitrogens with two attached hydrogens (primary N) is 1. The van der Waals surface area contributed by atoms with Gasteiger partial charge in [0.25, 0.3) is 5.91 Å². The first-order valence-electron chi connectivity index (χ1n) is 14.6. The molecule has 0 fully saturated rings. The van der Waals surface area contributed by atoms with Gasteiger partial charge in [-0.25, -0.2) is 0 Å². The highest BCUT2D eigenvalue weighted by molar-refractivity contribution is 6.25. The molecular formula is C33H37N3O10. The highest BCUT2D eigenvalue weighted by atomic mass is 16.5. The van der Waals surface area contributed by atoms with E-state index in [1.54, 1.807) is 50.2 Å². The van der Waals surface area contributed by atoms with Gasteiger partial charge in [-0.3, -0.25) is 29.0 Å². The lowest BCUT2D eigenvalue weighted by Crippen LogP contribution is -2.68. The fourth-order valence-corrected chi connectivity index (χ4v) is 7.44. The Bertz CT molecular complexity index is 1730. The van der Waals surface area contributed by atoms with Crippen molar-refractivity contribution >= 4 is 23.3 Å². The molecule has 5 rings (SSSR count). The van der Waals surface area contributed by atoms with Gasteiger partial charge < -0.3 is 36.0 Å². The number of rotatable bonds is 7. The molecule has 3 aliphatic carbocycles. The zero-order chi connectivity index (χ0) is 34.2. The smallest absolute Gasteiger partial charge is 0.255 e. The van der Waals surface area contributed by atoms with Crippen LogP contribution in [0.25, 0.3) is 0 Å². The van der Waals surface area contributed by atoms with Gasteiger partial charge in [0.05, 0.1) is 42.3 Å². The average molecular weight is 636 g/mol. The van der Waals surface area contributed by atoms with Crippen LogP contribution in [-0.4, -0.2) is 112 Å². The molecule has 2 aromatic rings. The second-order valence-corrected chi connectivity index (χ2v) is 12.5. The number of nitrogens with zero attached hydrogens (tertiary/aromatic N) is 2. The zero-order valence-electron chi connectivity index (χ0n) is 26.2. The number of hydrogen-bond donors (Lipinski definition) is 6. The van der Waals surface area contributed by atoms with E-state index < -0.39 is 93.2 Å². The lowest BCUT2D eigenvalue weighted by atomic mass is 9.55. The van der Waals surface area contributed by atoms with Crippen LogP contribution in [0, 0.1) is 11.8 Å². The highest BCUT2D eigenvalue weighted by Crippen LogP contribution is 2.55. The number of aliphatic hydroxyl groups is 4. The van der Waals surface area contributed by atoms with E-state index in [1.165, 1.54) is 38.2 Å². The van der Waals surface area contributed by atoms with Crippen molar-refractivity contribution in [1.82, 2.24) is 9.80 Å². The number of amides is 1. The molecule has 13 nitrogen and oxygen atoms in total. The number of primary amides is 1. The molecule has 0 saturated carbocycles. The molecule has 46 heavy (non-hydrogen) atoms. The molecule has 0 aliphatic heterocycles. The number of hydrogen-bond acceptors (Lipinski definition) is 12. The third kappa shape index (κ3) is 4.45. The molecule has 0 saturated heterocycles. The molecule has 3 aliphatic rings. The number of Topliss-reactive ketones (excluding diaryl/α,β-unsaturated/α-hetero) is 3. The Labute approximate surface area is 264 Å². The van der Waals surface area contributed by atoms with Crippen molar-refractivity contribution in [3.05, 3.63) is 81.3 Å². The molecule has 7 atom stereocenters. The second-order valence-electron chi connectivity index (χ2n) is 12.5. The molecule has 6 unspecified atom stereocenters. The minimum Gasteiger partial charge on any atom is -0.510 e. The minimum absolute atomic E-state index is 0.189. The fraction of sp³-hybridized carbons (Fsp3) is 0.394. The number of ketones is 3. The molecule has 0 spiro atoms. The summed E-state index contributed by atoms with van der Waals surface area (Å²) in [4.78, 5) is 57.0. The molecule has 0 aromatic heterocycles. The number of benzene rings is 2. The third-order valence-electron chi connectivity index (χ3n) is 9.59. The fourth-order valence-electron chi connectivity index (χ4n) is 7.44. The van der Waals surface area contributed by atoms with Crippen molar-refractivity contribution in [1.29, 1.82) is 0 Å². The number of carbonyl (C=O) groups is 4. The Balaban J connectivity index is 1.68. The Morgan fingerprint density at radius 2 is 1.61 bits per heavy atom. The summed E-state index contributed by atoms with van der Waals surface area (Å²) in [6.45, 7) is 1.62. The lowest BCUT2D eigenvalue weighted by Gasteiger charge is -2.53. The van der Waals surface area contributed by atoms with Crippen LogP contribution in [-0.2, 0) is 9.59 Å². The molecule has 0 radical (unpaired) electrons. The van der Waals surface area contributed by atoms with Crippen LogP contribution in [0.2, 0.25) is 0 Å². The van der Waals surface area contributed by atoms with Crippen LogP contribution in [0.5, 0.6) is 11.5 Å². The van der Waals surface area contributed by atoms with E-state index in [1.807, 2.05) is 0 Å². The standard InChI is InChI=1S/C33H37N3O10/c1-13-16-11-12-17(26(38)23(35(2)3)14-7-9-15(46-6)10-8-14)25(37)19(16)27(39)20-18(13)28(40)22-24(36(4)5)29(41)21(32(34)44)31(43)33(22,45)30(20)42/h7-13,18,22-24,28,37,40-42,45H,1-6H3,(H2,34,44)/t13?,18?,22?,23?,24-,28?,33?/m0/s1. The number of likely N-dealkylation sites (N-methyl/N-ethyl adjacent to an activating group) is 2. The number of carbonyl (C=O) groups excluding carboxylic acids is 4. The molecular weight excluding hydrogens is 598 g/mol. The maximum Gasteiger partial charge on any atom is 0.255 e. The van der Waals surface area contributed by atoms with Crippen molar-refractivity contribution in [3.63, 3.8) is 0 Å². The summed E-state index contributed by atoms with van der Waals surface area (Å²) in [6, 6.07) is 7.42. The maximum absolute atomic E-state index is 14.2. The van der Waals surface area contributed by atoms with Gasteiger partial charge in [-0.15, -0.1) is 0 Å². The van der Waals surface area contributed by atoms with Gasteiger partial charge in [-0.2, -0.15) is 0 Å². The van der Waals surface area contributed by atoms with E-state index in [9.17, 15) is 44.7 Å². The van der Waals surface area contributed by atoms with Crippen LogP contribution in [0.4, 0.5) is 0 Å². The quantitative estimate of drug-likeness (QED) is 0.187. The maximum atomic E-state index is 14.2. The molecule has 0 heterocycles. The lowest BCUT2D eigenvalue weighted by molar-refractivity contribution is -0.162. The van der Waals surface area contributed by atoms with E-state index >= 15 is 0 Å². The summed E-state index contributed by atoms with van der Waals surface area (Å²) in [5.74, 6) is -10.0. The van der Waals surface area contributed by atoms with Crippen LogP contribution in [0.15, 0.2) is 59.1 Å². The Morgan fingerprint density at radius 1 is 1.00 bits per heavy atom. The Morgan fingerprint density at radius 3 is 2.13 bits per heavy atom. The van der Waals surface area contributed by atoms with Gasteiger partial charge in [-0.1, -0.05) is 25.1 Å². The first-order valence-corrected chi connectivity index (χ1v) is 14.6. The average Bonchev–Trinajstić information content (AvgIpc) is 2.98. The van der Waals surface area contributed by atoms with Crippen LogP contribution in [0.3, 0.4) is 0 Å². The van der Waals surface area contributed by atoms with E-state index in [2.05, 4.69) is 0 Å².